The van der Waals surface area contributed by atoms with Crippen LogP contribution in [0.4, 0.5) is 5.69 Å². The highest BCUT2D eigenvalue weighted by Gasteiger charge is 2.03. The molecule has 12 heavy (non-hydrogen) atoms. The average Bonchev–Trinajstić information content (AvgIpc) is 1.99. The molecule has 0 fully saturated rings. The van der Waals surface area contributed by atoms with Crippen LogP contribution in [0.2, 0.25) is 10.0 Å². The third kappa shape index (κ3) is 2.34. The van der Waals surface area contributed by atoms with Crippen LogP contribution in [0, 0.1) is 0 Å². The van der Waals surface area contributed by atoms with Gasteiger partial charge in [0.05, 0.1) is 22.8 Å². The highest BCUT2D eigenvalue weighted by atomic mass is 35.5. The molecule has 0 aromatic heterocycles. The molecule has 1 aromatic carbocycles. The second-order valence-corrected chi connectivity index (χ2v) is 2.82. The van der Waals surface area contributed by atoms with Crippen molar-refractivity contribution >= 4 is 41.3 Å². The number of methoxy groups -OCH3 is 1. The number of hydrogen-bond acceptors (Lipinski definition) is 2. The Balaban J connectivity index is 0.00000121. The van der Waals surface area contributed by atoms with Crippen LogP contribution >= 0.6 is 35.6 Å². The Labute approximate surface area is 87.0 Å². The van der Waals surface area contributed by atoms with Crippen LogP contribution in [0.3, 0.4) is 0 Å². The van der Waals surface area contributed by atoms with Gasteiger partial charge in [-0.1, -0.05) is 23.2 Å². The van der Waals surface area contributed by atoms with E-state index < -0.39 is 0 Å². The molecular formula is C7H8Cl3NO. The zero-order valence-electron chi connectivity index (χ0n) is 6.30. The van der Waals surface area contributed by atoms with Gasteiger partial charge in [-0.25, -0.2) is 0 Å². The molecule has 0 saturated carbocycles. The largest absolute Gasteiger partial charge is 0.497 e. The van der Waals surface area contributed by atoms with Crippen LogP contribution in [0.25, 0.3) is 0 Å². The summed E-state index contributed by atoms with van der Waals surface area (Å²) < 4.78 is 4.91. The van der Waals surface area contributed by atoms with Gasteiger partial charge in [0.15, 0.2) is 0 Å². The highest BCUT2D eigenvalue weighted by Crippen LogP contribution is 2.31. The van der Waals surface area contributed by atoms with Gasteiger partial charge in [0.2, 0.25) is 0 Å². The van der Waals surface area contributed by atoms with E-state index in [1.165, 1.54) is 7.11 Å². The predicted molar refractivity (Wildman–Crippen MR) is 54.7 cm³/mol. The summed E-state index contributed by atoms with van der Waals surface area (Å²) in [5.74, 6) is 0.606. The van der Waals surface area contributed by atoms with E-state index in [9.17, 15) is 0 Å². The Kier molecular flexibility index (Phi) is 4.53. The van der Waals surface area contributed by atoms with Crippen LogP contribution in [0.15, 0.2) is 12.1 Å². The van der Waals surface area contributed by atoms with Gasteiger partial charge in [0.25, 0.3) is 0 Å². The van der Waals surface area contributed by atoms with E-state index in [1.54, 1.807) is 12.1 Å². The van der Waals surface area contributed by atoms with Crippen molar-refractivity contribution in [3.63, 3.8) is 0 Å². The summed E-state index contributed by atoms with van der Waals surface area (Å²) in [5.41, 5.74) is 5.87. The smallest absolute Gasteiger partial charge is 0.121 e. The van der Waals surface area contributed by atoms with Gasteiger partial charge in [0, 0.05) is 12.1 Å². The molecule has 0 atom stereocenters. The molecule has 0 amide bonds. The molecule has 2 N–H and O–H groups in total. The summed E-state index contributed by atoms with van der Waals surface area (Å²) >= 11 is 11.4. The first-order valence-electron chi connectivity index (χ1n) is 2.93. The van der Waals surface area contributed by atoms with Crippen LogP contribution in [-0.2, 0) is 0 Å². The zero-order valence-corrected chi connectivity index (χ0v) is 8.63. The van der Waals surface area contributed by atoms with E-state index in [0.29, 0.717) is 21.5 Å². The lowest BCUT2D eigenvalue weighted by Crippen LogP contribution is -1.89. The number of anilines is 1. The molecular weight excluding hydrogens is 220 g/mol. The van der Waals surface area contributed by atoms with E-state index in [-0.39, 0.29) is 12.4 Å². The van der Waals surface area contributed by atoms with E-state index in [1.807, 2.05) is 0 Å². The summed E-state index contributed by atoms with van der Waals surface area (Å²) in [5, 5.41) is 0.823. The quantitative estimate of drug-likeness (QED) is 0.750. The fourth-order valence-electron chi connectivity index (χ4n) is 0.679. The molecule has 0 saturated heterocycles. The number of rotatable bonds is 1. The summed E-state index contributed by atoms with van der Waals surface area (Å²) in [7, 11) is 1.54. The predicted octanol–water partition coefficient (Wildman–Crippen LogP) is 3.01. The van der Waals surface area contributed by atoms with Crippen molar-refractivity contribution in [2.24, 2.45) is 0 Å². The second kappa shape index (κ2) is 4.65. The number of nitrogen functional groups attached to an aromatic ring is 1. The first-order chi connectivity index (χ1) is 5.15. The van der Waals surface area contributed by atoms with Crippen LogP contribution in [0.5, 0.6) is 5.75 Å². The minimum absolute atomic E-state index is 0. The summed E-state index contributed by atoms with van der Waals surface area (Å²) in [4.78, 5) is 0. The highest BCUT2D eigenvalue weighted by molar-refractivity contribution is 6.39. The second-order valence-electron chi connectivity index (χ2n) is 2.00. The molecule has 0 heterocycles. The fraction of sp³-hybridized carbons (Fsp3) is 0.143. The minimum Gasteiger partial charge on any atom is -0.497 e. The third-order valence-corrected chi connectivity index (χ3v) is 1.91. The lowest BCUT2D eigenvalue weighted by atomic mass is 10.3. The molecule has 1 aromatic rings. The SMILES string of the molecule is COc1cc(Cl)c(N)c(Cl)c1.Cl. The van der Waals surface area contributed by atoms with E-state index in [4.69, 9.17) is 33.7 Å². The van der Waals surface area contributed by atoms with Crippen LogP contribution in [-0.4, -0.2) is 7.11 Å². The molecule has 5 heteroatoms. The van der Waals surface area contributed by atoms with Gasteiger partial charge in [-0.3, -0.25) is 0 Å². The Morgan fingerprint density at radius 3 is 2.00 bits per heavy atom. The zero-order chi connectivity index (χ0) is 8.43. The topological polar surface area (TPSA) is 35.2 Å². The molecule has 0 aliphatic carbocycles. The molecule has 1 rings (SSSR count). The molecule has 0 radical (unpaired) electrons. The van der Waals surface area contributed by atoms with Gasteiger partial charge in [-0.05, 0) is 0 Å². The minimum atomic E-state index is 0. The van der Waals surface area contributed by atoms with Crippen molar-refractivity contribution in [3.8, 4) is 5.75 Å². The number of nitrogens with two attached hydrogens (primary N) is 1. The molecule has 0 aliphatic rings. The van der Waals surface area contributed by atoms with Crippen molar-refractivity contribution in [2.75, 3.05) is 12.8 Å². The van der Waals surface area contributed by atoms with Crippen molar-refractivity contribution in [3.05, 3.63) is 22.2 Å². The number of halogens is 3. The molecule has 2 nitrogen and oxygen atoms in total. The maximum atomic E-state index is 5.71. The number of benzene rings is 1. The van der Waals surface area contributed by atoms with Crippen molar-refractivity contribution in [2.45, 2.75) is 0 Å². The summed E-state index contributed by atoms with van der Waals surface area (Å²) in [6, 6.07) is 3.23. The number of hydrogen-bond donors (Lipinski definition) is 1. The molecule has 0 bridgehead atoms. The van der Waals surface area contributed by atoms with E-state index >= 15 is 0 Å². The lowest BCUT2D eigenvalue weighted by molar-refractivity contribution is 0.415. The Bertz CT molecular complexity index is 254. The Morgan fingerprint density at radius 2 is 1.67 bits per heavy atom. The first-order valence-corrected chi connectivity index (χ1v) is 3.69. The van der Waals surface area contributed by atoms with Gasteiger partial charge in [-0.2, -0.15) is 0 Å². The van der Waals surface area contributed by atoms with Gasteiger partial charge in [0.1, 0.15) is 5.75 Å². The van der Waals surface area contributed by atoms with E-state index in [2.05, 4.69) is 0 Å². The fourth-order valence-corrected chi connectivity index (χ4v) is 1.15. The standard InChI is InChI=1S/C7H7Cl2NO.ClH/c1-11-4-2-5(8)7(10)6(9)3-4;/h2-3H,10H2,1H3;1H. The Morgan fingerprint density at radius 1 is 1.25 bits per heavy atom. The molecule has 0 unspecified atom stereocenters. The molecule has 0 aliphatic heterocycles. The van der Waals surface area contributed by atoms with Crippen molar-refractivity contribution < 1.29 is 4.74 Å². The molecule has 0 spiro atoms. The Hall–Kier alpha value is -0.310. The maximum absolute atomic E-state index is 5.71. The lowest BCUT2D eigenvalue weighted by Gasteiger charge is -2.04. The van der Waals surface area contributed by atoms with Crippen LogP contribution in [0.1, 0.15) is 0 Å². The summed E-state index contributed by atoms with van der Waals surface area (Å²) in [6.07, 6.45) is 0. The van der Waals surface area contributed by atoms with Gasteiger partial charge in [-0.15, -0.1) is 12.4 Å². The molecule has 68 valence electrons. The maximum Gasteiger partial charge on any atom is 0.121 e. The van der Waals surface area contributed by atoms with Crippen LogP contribution < -0.4 is 10.5 Å². The van der Waals surface area contributed by atoms with Gasteiger partial charge >= 0.3 is 0 Å². The van der Waals surface area contributed by atoms with Crippen molar-refractivity contribution in [1.82, 2.24) is 0 Å². The summed E-state index contributed by atoms with van der Waals surface area (Å²) in [6.45, 7) is 0. The average molecular weight is 229 g/mol. The monoisotopic (exact) mass is 227 g/mol. The normalized spacial score (nSPS) is 8.92. The first kappa shape index (κ1) is 11.7. The van der Waals surface area contributed by atoms with E-state index in [0.717, 1.165) is 0 Å². The van der Waals surface area contributed by atoms with Gasteiger partial charge < -0.3 is 10.5 Å². The van der Waals surface area contributed by atoms with Crippen molar-refractivity contribution in [1.29, 1.82) is 0 Å². The number of ether oxygens (including phenoxy) is 1. The third-order valence-electron chi connectivity index (χ3n) is 1.29.